The van der Waals surface area contributed by atoms with Crippen molar-refractivity contribution in [2.75, 3.05) is 25.1 Å². The van der Waals surface area contributed by atoms with E-state index in [0.29, 0.717) is 24.1 Å². The Hall–Kier alpha value is -2.21. The molecule has 0 aliphatic carbocycles. The Bertz CT molecular complexity index is 601. The largest absolute Gasteiger partial charge is 0.383 e. The third-order valence-corrected chi connectivity index (χ3v) is 2.93. The van der Waals surface area contributed by atoms with Crippen molar-refractivity contribution in [1.29, 1.82) is 0 Å². The number of anilines is 1. The standard InChI is InChI=1S/C14H17N3O3/c1-2-20-10-4-9-15-12-6-7-13(17(18)19)11-5-3-8-16-14(11)12/h3,5-8,15H,2,4,9-10H2,1H3. The molecular weight excluding hydrogens is 258 g/mol. The van der Waals surface area contributed by atoms with E-state index in [-0.39, 0.29) is 10.6 Å². The minimum absolute atomic E-state index is 0.0768. The molecular formula is C14H17N3O3. The van der Waals surface area contributed by atoms with Crippen LogP contribution in [0, 0.1) is 10.1 Å². The third-order valence-electron chi connectivity index (χ3n) is 2.93. The van der Waals surface area contributed by atoms with E-state index < -0.39 is 0 Å². The van der Waals surface area contributed by atoms with Gasteiger partial charge in [0.2, 0.25) is 0 Å². The van der Waals surface area contributed by atoms with E-state index in [9.17, 15) is 10.1 Å². The number of hydrogen-bond donors (Lipinski definition) is 1. The number of pyridine rings is 1. The molecule has 0 unspecified atom stereocenters. The van der Waals surface area contributed by atoms with Crippen molar-refractivity contribution in [2.45, 2.75) is 13.3 Å². The van der Waals surface area contributed by atoms with Crippen LogP contribution in [0.4, 0.5) is 11.4 Å². The quantitative estimate of drug-likeness (QED) is 0.477. The zero-order valence-electron chi connectivity index (χ0n) is 11.3. The summed E-state index contributed by atoms with van der Waals surface area (Å²) >= 11 is 0. The Morgan fingerprint density at radius 2 is 2.25 bits per heavy atom. The number of ether oxygens (including phenoxy) is 1. The fourth-order valence-electron chi connectivity index (χ4n) is 2.00. The van der Waals surface area contributed by atoms with E-state index in [1.165, 1.54) is 6.07 Å². The molecule has 2 rings (SSSR count). The van der Waals surface area contributed by atoms with Crippen molar-refractivity contribution in [3.63, 3.8) is 0 Å². The maximum absolute atomic E-state index is 11.0. The maximum Gasteiger partial charge on any atom is 0.278 e. The number of aromatic nitrogens is 1. The lowest BCUT2D eigenvalue weighted by Crippen LogP contribution is -2.06. The number of nitrogens with one attached hydrogen (secondary N) is 1. The monoisotopic (exact) mass is 275 g/mol. The predicted octanol–water partition coefficient (Wildman–Crippen LogP) is 2.98. The van der Waals surface area contributed by atoms with Crippen LogP contribution in [0.15, 0.2) is 30.5 Å². The van der Waals surface area contributed by atoms with Crippen molar-refractivity contribution >= 4 is 22.3 Å². The molecule has 1 aromatic heterocycles. The van der Waals surface area contributed by atoms with Crippen LogP contribution in [0.3, 0.4) is 0 Å². The van der Waals surface area contributed by atoms with E-state index in [0.717, 1.165) is 18.7 Å². The molecule has 1 heterocycles. The lowest BCUT2D eigenvalue weighted by atomic mass is 10.1. The van der Waals surface area contributed by atoms with E-state index in [4.69, 9.17) is 4.74 Å². The van der Waals surface area contributed by atoms with Gasteiger partial charge in [-0.15, -0.1) is 0 Å². The van der Waals surface area contributed by atoms with Gasteiger partial charge in [-0.25, -0.2) is 0 Å². The lowest BCUT2D eigenvalue weighted by Gasteiger charge is -2.09. The second-order valence-electron chi connectivity index (χ2n) is 4.27. The number of hydrogen-bond acceptors (Lipinski definition) is 5. The summed E-state index contributed by atoms with van der Waals surface area (Å²) in [5, 5.41) is 14.8. The highest BCUT2D eigenvalue weighted by atomic mass is 16.6. The van der Waals surface area contributed by atoms with Gasteiger partial charge in [0.05, 0.1) is 16.0 Å². The first-order valence-corrected chi connectivity index (χ1v) is 6.57. The number of nitrogens with zero attached hydrogens (tertiary/aromatic N) is 2. The normalized spacial score (nSPS) is 10.7. The first-order chi connectivity index (χ1) is 9.74. The average molecular weight is 275 g/mol. The minimum Gasteiger partial charge on any atom is -0.383 e. The van der Waals surface area contributed by atoms with Crippen LogP contribution in [-0.2, 0) is 4.74 Å². The highest BCUT2D eigenvalue weighted by Crippen LogP contribution is 2.29. The Morgan fingerprint density at radius 3 is 3.00 bits per heavy atom. The first kappa shape index (κ1) is 14.2. The summed E-state index contributed by atoms with van der Waals surface area (Å²) in [7, 11) is 0. The fourth-order valence-corrected chi connectivity index (χ4v) is 2.00. The average Bonchev–Trinajstić information content (AvgIpc) is 2.46. The molecule has 106 valence electrons. The molecule has 0 bridgehead atoms. The summed E-state index contributed by atoms with van der Waals surface area (Å²) < 4.78 is 5.26. The van der Waals surface area contributed by atoms with Crippen LogP contribution in [0.25, 0.3) is 10.9 Å². The molecule has 0 fully saturated rings. The summed E-state index contributed by atoms with van der Waals surface area (Å²) in [4.78, 5) is 14.9. The van der Waals surface area contributed by atoms with Crippen LogP contribution in [0.2, 0.25) is 0 Å². The van der Waals surface area contributed by atoms with Crippen LogP contribution in [0.5, 0.6) is 0 Å². The maximum atomic E-state index is 11.0. The van der Waals surface area contributed by atoms with Gasteiger partial charge in [0.15, 0.2) is 0 Å². The molecule has 2 aromatic rings. The van der Waals surface area contributed by atoms with Crippen molar-refractivity contribution in [1.82, 2.24) is 4.98 Å². The molecule has 0 aliphatic rings. The van der Waals surface area contributed by atoms with Gasteiger partial charge in [-0.1, -0.05) is 0 Å². The van der Waals surface area contributed by atoms with Crippen molar-refractivity contribution in [3.8, 4) is 0 Å². The molecule has 6 nitrogen and oxygen atoms in total. The van der Waals surface area contributed by atoms with Crippen LogP contribution in [0.1, 0.15) is 13.3 Å². The first-order valence-electron chi connectivity index (χ1n) is 6.57. The summed E-state index contributed by atoms with van der Waals surface area (Å²) in [6, 6.07) is 6.63. The number of rotatable bonds is 7. The molecule has 20 heavy (non-hydrogen) atoms. The van der Waals surface area contributed by atoms with Gasteiger partial charge in [0, 0.05) is 32.0 Å². The highest BCUT2D eigenvalue weighted by Gasteiger charge is 2.14. The zero-order valence-corrected chi connectivity index (χ0v) is 11.3. The van der Waals surface area contributed by atoms with Gasteiger partial charge in [-0.3, -0.25) is 15.1 Å². The number of benzene rings is 1. The number of nitro benzene ring substituents is 1. The molecule has 0 amide bonds. The molecule has 6 heteroatoms. The molecule has 1 N–H and O–H groups in total. The van der Waals surface area contributed by atoms with Crippen LogP contribution >= 0.6 is 0 Å². The van der Waals surface area contributed by atoms with Gasteiger partial charge >= 0.3 is 0 Å². The van der Waals surface area contributed by atoms with E-state index >= 15 is 0 Å². The van der Waals surface area contributed by atoms with Gasteiger partial charge in [-0.2, -0.15) is 0 Å². The Morgan fingerprint density at radius 1 is 1.40 bits per heavy atom. The fraction of sp³-hybridized carbons (Fsp3) is 0.357. The van der Waals surface area contributed by atoms with Crippen LogP contribution < -0.4 is 5.32 Å². The van der Waals surface area contributed by atoms with Crippen molar-refractivity contribution in [3.05, 3.63) is 40.6 Å². The van der Waals surface area contributed by atoms with Gasteiger partial charge < -0.3 is 10.1 Å². The summed E-state index contributed by atoms with van der Waals surface area (Å²) in [5.41, 5.74) is 1.51. The highest BCUT2D eigenvalue weighted by molar-refractivity contribution is 5.96. The Labute approximate surface area is 116 Å². The second kappa shape index (κ2) is 6.81. The molecule has 0 saturated carbocycles. The van der Waals surface area contributed by atoms with Crippen LogP contribution in [-0.4, -0.2) is 29.7 Å². The van der Waals surface area contributed by atoms with Crippen molar-refractivity contribution < 1.29 is 9.66 Å². The second-order valence-corrected chi connectivity index (χ2v) is 4.27. The number of fused-ring (bicyclic) bond motifs is 1. The summed E-state index contributed by atoms with van der Waals surface area (Å²) in [6.07, 6.45) is 2.51. The summed E-state index contributed by atoms with van der Waals surface area (Å²) in [5.74, 6) is 0. The number of nitro groups is 1. The third kappa shape index (κ3) is 3.21. The van der Waals surface area contributed by atoms with E-state index in [2.05, 4.69) is 10.3 Å². The Balaban J connectivity index is 2.18. The van der Waals surface area contributed by atoms with E-state index in [1.807, 2.05) is 6.92 Å². The number of non-ortho nitro benzene ring substituents is 1. The van der Waals surface area contributed by atoms with Gasteiger partial charge in [0.25, 0.3) is 5.69 Å². The molecule has 1 aromatic carbocycles. The van der Waals surface area contributed by atoms with Gasteiger partial charge in [-0.05, 0) is 31.5 Å². The molecule has 0 saturated heterocycles. The molecule has 0 spiro atoms. The smallest absolute Gasteiger partial charge is 0.278 e. The topological polar surface area (TPSA) is 77.3 Å². The summed E-state index contributed by atoms with van der Waals surface area (Å²) in [6.45, 7) is 4.11. The Kier molecular flexibility index (Phi) is 4.84. The predicted molar refractivity (Wildman–Crippen MR) is 78.0 cm³/mol. The van der Waals surface area contributed by atoms with E-state index in [1.54, 1.807) is 24.4 Å². The zero-order chi connectivity index (χ0) is 14.4. The molecule has 0 aliphatic heterocycles. The van der Waals surface area contributed by atoms with Crippen molar-refractivity contribution in [2.24, 2.45) is 0 Å². The molecule has 0 atom stereocenters. The van der Waals surface area contributed by atoms with Gasteiger partial charge in [0.1, 0.15) is 5.52 Å². The minimum atomic E-state index is -0.386. The lowest BCUT2D eigenvalue weighted by molar-refractivity contribution is -0.383. The SMILES string of the molecule is CCOCCCNc1ccc([N+](=O)[O-])c2cccnc12. The molecule has 0 radical (unpaired) electrons.